The Morgan fingerprint density at radius 3 is 2.83 bits per heavy atom. The fraction of sp³-hybridized carbons (Fsp3) is 0.556. The standard InChI is InChI=1S/C9H9F2IN2O4/c10-9(11)1-4(3-15)18-7(9)14-2-5(12)6(16)13-8(14)17/h2,4,7,15H,1,3H2,(H,13,16,17)/t4-,7-/m0/s1. The maximum atomic E-state index is 13.7. The van der Waals surface area contributed by atoms with Crippen LogP contribution in [0, 0.1) is 3.57 Å². The van der Waals surface area contributed by atoms with E-state index in [0.717, 1.165) is 6.20 Å². The van der Waals surface area contributed by atoms with Gasteiger partial charge >= 0.3 is 5.69 Å². The van der Waals surface area contributed by atoms with Crippen LogP contribution in [0.1, 0.15) is 12.6 Å². The molecule has 0 saturated carbocycles. The van der Waals surface area contributed by atoms with Crippen molar-refractivity contribution in [3.05, 3.63) is 30.6 Å². The Kier molecular flexibility index (Phi) is 3.56. The molecule has 9 heteroatoms. The zero-order valence-electron chi connectivity index (χ0n) is 8.90. The summed E-state index contributed by atoms with van der Waals surface area (Å²) < 4.78 is 33.0. The Morgan fingerprint density at radius 1 is 1.61 bits per heavy atom. The molecule has 1 aromatic rings. The average Bonchev–Trinajstić information content (AvgIpc) is 2.59. The normalized spacial score (nSPS) is 26.4. The number of hydrogen-bond acceptors (Lipinski definition) is 4. The SMILES string of the molecule is O=c1[nH]c(=O)n([C@H]2O[C@H](CO)CC2(F)F)cc1I. The summed E-state index contributed by atoms with van der Waals surface area (Å²) in [5.41, 5.74) is -1.61. The number of rotatable bonds is 2. The first-order valence-electron chi connectivity index (χ1n) is 5.00. The predicted molar refractivity (Wildman–Crippen MR) is 64.6 cm³/mol. The molecule has 0 amide bonds. The van der Waals surface area contributed by atoms with Crippen molar-refractivity contribution in [1.82, 2.24) is 9.55 Å². The van der Waals surface area contributed by atoms with Crippen LogP contribution in [0.15, 0.2) is 15.8 Å². The van der Waals surface area contributed by atoms with E-state index >= 15 is 0 Å². The van der Waals surface area contributed by atoms with Gasteiger partial charge in [-0.1, -0.05) is 0 Å². The first-order chi connectivity index (χ1) is 8.35. The van der Waals surface area contributed by atoms with Gasteiger partial charge in [0.1, 0.15) is 0 Å². The van der Waals surface area contributed by atoms with Crippen molar-refractivity contribution < 1.29 is 18.6 Å². The van der Waals surface area contributed by atoms with Gasteiger partial charge in [0, 0.05) is 12.6 Å². The number of hydrogen-bond donors (Lipinski definition) is 2. The third-order valence-electron chi connectivity index (χ3n) is 2.56. The summed E-state index contributed by atoms with van der Waals surface area (Å²) in [7, 11) is 0. The summed E-state index contributed by atoms with van der Waals surface area (Å²) in [5.74, 6) is -3.28. The molecule has 1 saturated heterocycles. The molecule has 0 aliphatic carbocycles. The largest absolute Gasteiger partial charge is 0.394 e. The van der Waals surface area contributed by atoms with Gasteiger partial charge in [0.05, 0.1) is 16.3 Å². The van der Waals surface area contributed by atoms with Gasteiger partial charge in [-0.05, 0) is 22.6 Å². The maximum Gasteiger partial charge on any atom is 0.330 e. The van der Waals surface area contributed by atoms with Crippen LogP contribution in [0.4, 0.5) is 8.78 Å². The molecule has 0 bridgehead atoms. The minimum absolute atomic E-state index is 0.0963. The second kappa shape index (κ2) is 4.70. The number of aromatic nitrogens is 2. The topological polar surface area (TPSA) is 84.3 Å². The van der Waals surface area contributed by atoms with Gasteiger partial charge in [0.2, 0.25) is 6.23 Å². The Balaban J connectivity index is 2.46. The monoisotopic (exact) mass is 374 g/mol. The molecule has 0 unspecified atom stereocenters. The first kappa shape index (κ1) is 13.6. The lowest BCUT2D eigenvalue weighted by Gasteiger charge is -2.19. The quantitative estimate of drug-likeness (QED) is 0.718. The third kappa shape index (κ3) is 2.34. The van der Waals surface area contributed by atoms with E-state index in [9.17, 15) is 18.4 Å². The zero-order chi connectivity index (χ0) is 13.5. The summed E-state index contributed by atoms with van der Waals surface area (Å²) >= 11 is 1.63. The van der Waals surface area contributed by atoms with Crippen molar-refractivity contribution in [2.75, 3.05) is 6.61 Å². The van der Waals surface area contributed by atoms with E-state index in [1.807, 2.05) is 4.98 Å². The van der Waals surface area contributed by atoms with Crippen molar-refractivity contribution in [3.8, 4) is 0 Å². The van der Waals surface area contributed by atoms with Gasteiger partial charge in [-0.2, -0.15) is 0 Å². The van der Waals surface area contributed by atoms with Crippen LogP contribution in [0.3, 0.4) is 0 Å². The number of alkyl halides is 2. The molecule has 0 spiro atoms. The Hall–Kier alpha value is -0.810. The summed E-state index contributed by atoms with van der Waals surface area (Å²) in [6.07, 6.45) is -2.50. The van der Waals surface area contributed by atoms with Gasteiger partial charge in [-0.25, -0.2) is 13.6 Å². The summed E-state index contributed by atoms with van der Waals surface area (Å²) in [5, 5.41) is 8.83. The Morgan fingerprint density at radius 2 is 2.28 bits per heavy atom. The lowest BCUT2D eigenvalue weighted by atomic mass is 10.2. The maximum absolute atomic E-state index is 13.7. The fourth-order valence-electron chi connectivity index (χ4n) is 1.75. The van der Waals surface area contributed by atoms with Crippen LogP contribution >= 0.6 is 22.6 Å². The molecule has 18 heavy (non-hydrogen) atoms. The van der Waals surface area contributed by atoms with Crippen molar-refractivity contribution in [3.63, 3.8) is 0 Å². The molecule has 2 atom stereocenters. The van der Waals surface area contributed by atoms with Crippen LogP contribution in [0.2, 0.25) is 0 Å². The van der Waals surface area contributed by atoms with E-state index < -0.39 is 42.5 Å². The summed E-state index contributed by atoms with van der Waals surface area (Å²) in [6, 6.07) is 0. The zero-order valence-corrected chi connectivity index (χ0v) is 11.1. The fourth-order valence-corrected chi connectivity index (χ4v) is 2.18. The minimum atomic E-state index is -3.28. The summed E-state index contributed by atoms with van der Waals surface area (Å²) in [6.45, 7) is -0.554. The average molecular weight is 374 g/mol. The van der Waals surface area contributed by atoms with Crippen molar-refractivity contribution >= 4 is 22.6 Å². The second-order valence-electron chi connectivity index (χ2n) is 3.90. The number of H-pyrrole nitrogens is 1. The second-order valence-corrected chi connectivity index (χ2v) is 5.06. The van der Waals surface area contributed by atoms with Crippen LogP contribution in [0.25, 0.3) is 0 Å². The van der Waals surface area contributed by atoms with Crippen LogP contribution in [0.5, 0.6) is 0 Å². The van der Waals surface area contributed by atoms with E-state index in [0.29, 0.717) is 4.57 Å². The third-order valence-corrected chi connectivity index (χ3v) is 3.33. The molecule has 2 rings (SSSR count). The van der Waals surface area contributed by atoms with Crippen LogP contribution in [-0.2, 0) is 4.74 Å². The first-order valence-corrected chi connectivity index (χ1v) is 6.08. The lowest BCUT2D eigenvalue weighted by Crippen LogP contribution is -2.38. The molecule has 2 N–H and O–H groups in total. The number of aromatic amines is 1. The van der Waals surface area contributed by atoms with Crippen molar-refractivity contribution in [2.24, 2.45) is 0 Å². The van der Waals surface area contributed by atoms with Crippen molar-refractivity contribution in [1.29, 1.82) is 0 Å². The van der Waals surface area contributed by atoms with Crippen LogP contribution < -0.4 is 11.2 Å². The highest BCUT2D eigenvalue weighted by molar-refractivity contribution is 14.1. The van der Waals surface area contributed by atoms with Crippen LogP contribution in [-0.4, -0.2) is 33.3 Å². The number of aliphatic hydroxyl groups excluding tert-OH is 1. The molecule has 6 nitrogen and oxygen atoms in total. The van der Waals surface area contributed by atoms with Crippen molar-refractivity contribution in [2.45, 2.75) is 24.7 Å². The molecule has 1 aromatic heterocycles. The highest BCUT2D eigenvalue weighted by Crippen LogP contribution is 2.41. The summed E-state index contributed by atoms with van der Waals surface area (Å²) in [4.78, 5) is 24.6. The number of nitrogens with one attached hydrogen (secondary N) is 1. The van der Waals surface area contributed by atoms with E-state index in [4.69, 9.17) is 9.84 Å². The number of aliphatic hydroxyl groups is 1. The highest BCUT2D eigenvalue weighted by Gasteiger charge is 2.51. The number of ether oxygens (including phenoxy) is 1. The Bertz CT molecular complexity index is 570. The molecule has 0 aromatic carbocycles. The van der Waals surface area contributed by atoms with Gasteiger partial charge in [-0.3, -0.25) is 14.3 Å². The van der Waals surface area contributed by atoms with E-state index in [1.54, 1.807) is 22.6 Å². The smallest absolute Gasteiger partial charge is 0.330 e. The van der Waals surface area contributed by atoms with Gasteiger partial charge < -0.3 is 9.84 Å². The molecule has 1 aliphatic heterocycles. The number of halogens is 3. The van der Waals surface area contributed by atoms with Gasteiger partial charge in [0.15, 0.2) is 0 Å². The van der Waals surface area contributed by atoms with Gasteiger partial charge in [0.25, 0.3) is 11.5 Å². The molecule has 1 fully saturated rings. The number of nitrogens with zero attached hydrogens (tertiary/aromatic N) is 1. The molecular weight excluding hydrogens is 365 g/mol. The van der Waals surface area contributed by atoms with E-state index in [-0.39, 0.29) is 3.57 Å². The molecule has 100 valence electrons. The predicted octanol–water partition coefficient (Wildman–Crippen LogP) is 0.0563. The minimum Gasteiger partial charge on any atom is -0.394 e. The highest BCUT2D eigenvalue weighted by atomic mass is 127. The molecule has 0 radical (unpaired) electrons. The molecule has 2 heterocycles. The molecule has 1 aliphatic rings. The van der Waals surface area contributed by atoms with E-state index in [2.05, 4.69) is 0 Å². The lowest BCUT2D eigenvalue weighted by molar-refractivity contribution is -0.120. The Labute approximate surface area is 113 Å². The molecular formula is C9H9F2IN2O4. The van der Waals surface area contributed by atoms with E-state index in [1.165, 1.54) is 0 Å². The van der Waals surface area contributed by atoms with Gasteiger partial charge in [-0.15, -0.1) is 0 Å².